The number of nitrogens with zero attached hydrogens (tertiary/aromatic N) is 1. The predicted molar refractivity (Wildman–Crippen MR) is 91.1 cm³/mol. The maximum absolute atomic E-state index is 12.3. The van der Waals surface area contributed by atoms with Gasteiger partial charge in [-0.05, 0) is 19.9 Å². The van der Waals surface area contributed by atoms with Crippen molar-refractivity contribution in [1.82, 2.24) is 5.32 Å². The summed E-state index contributed by atoms with van der Waals surface area (Å²) in [7, 11) is 1.58. The van der Waals surface area contributed by atoms with E-state index in [0.29, 0.717) is 11.3 Å². The summed E-state index contributed by atoms with van der Waals surface area (Å²) in [6, 6.07) is 11.7. The van der Waals surface area contributed by atoms with Gasteiger partial charge in [0.25, 0.3) is 5.69 Å². The Balaban J connectivity index is 2.13. The van der Waals surface area contributed by atoms with Crippen molar-refractivity contribution >= 4 is 11.6 Å². The molecular weight excluding hydrogens is 308 g/mol. The molecule has 1 atom stereocenters. The SMILES string of the molecule is COc1ccc(C)cc1C(C)NC(=O)Cc1ccccc1[N+](=O)[O-]. The molecule has 2 aromatic carbocycles. The number of aryl methyl sites for hydroxylation is 1. The van der Waals surface area contributed by atoms with Crippen LogP contribution in [-0.4, -0.2) is 17.9 Å². The van der Waals surface area contributed by atoms with Gasteiger partial charge < -0.3 is 10.1 Å². The lowest BCUT2D eigenvalue weighted by Gasteiger charge is -2.18. The van der Waals surface area contributed by atoms with Gasteiger partial charge in [-0.25, -0.2) is 0 Å². The number of methoxy groups -OCH3 is 1. The Kier molecular flexibility index (Phi) is 5.52. The van der Waals surface area contributed by atoms with Crippen LogP contribution in [0.25, 0.3) is 0 Å². The van der Waals surface area contributed by atoms with Gasteiger partial charge in [0.2, 0.25) is 5.91 Å². The van der Waals surface area contributed by atoms with Crippen molar-refractivity contribution in [2.75, 3.05) is 7.11 Å². The molecule has 0 fully saturated rings. The number of rotatable bonds is 6. The molecule has 1 amide bonds. The molecule has 24 heavy (non-hydrogen) atoms. The van der Waals surface area contributed by atoms with Crippen molar-refractivity contribution in [3.8, 4) is 5.75 Å². The number of nitrogens with one attached hydrogen (secondary N) is 1. The highest BCUT2D eigenvalue weighted by Crippen LogP contribution is 2.26. The summed E-state index contributed by atoms with van der Waals surface area (Å²) >= 11 is 0. The Bertz CT molecular complexity index is 758. The summed E-state index contributed by atoms with van der Waals surface area (Å²) in [5.74, 6) is 0.416. The molecule has 6 heteroatoms. The maximum atomic E-state index is 12.3. The van der Waals surface area contributed by atoms with Crippen LogP contribution in [0, 0.1) is 17.0 Å². The summed E-state index contributed by atoms with van der Waals surface area (Å²) in [4.78, 5) is 22.8. The molecule has 0 bridgehead atoms. The number of carbonyl (C=O) groups excluding carboxylic acids is 1. The first-order valence-electron chi connectivity index (χ1n) is 7.58. The zero-order valence-electron chi connectivity index (χ0n) is 13.9. The Labute approximate surface area is 140 Å². The zero-order valence-corrected chi connectivity index (χ0v) is 13.9. The largest absolute Gasteiger partial charge is 0.496 e. The highest BCUT2D eigenvalue weighted by molar-refractivity contribution is 5.80. The molecule has 2 aromatic rings. The molecule has 0 aliphatic heterocycles. The van der Waals surface area contributed by atoms with E-state index in [1.54, 1.807) is 25.3 Å². The van der Waals surface area contributed by atoms with Crippen LogP contribution in [0.1, 0.15) is 29.7 Å². The molecule has 0 saturated carbocycles. The van der Waals surface area contributed by atoms with Gasteiger partial charge in [0.15, 0.2) is 0 Å². The highest BCUT2D eigenvalue weighted by Gasteiger charge is 2.18. The molecule has 1 unspecified atom stereocenters. The highest BCUT2D eigenvalue weighted by atomic mass is 16.6. The van der Waals surface area contributed by atoms with E-state index in [0.717, 1.165) is 11.1 Å². The number of carbonyl (C=O) groups is 1. The molecule has 1 N–H and O–H groups in total. The van der Waals surface area contributed by atoms with Crippen molar-refractivity contribution in [2.24, 2.45) is 0 Å². The van der Waals surface area contributed by atoms with Crippen LogP contribution in [0.5, 0.6) is 5.75 Å². The number of ether oxygens (including phenoxy) is 1. The smallest absolute Gasteiger partial charge is 0.273 e. The molecule has 126 valence electrons. The van der Waals surface area contributed by atoms with Gasteiger partial charge >= 0.3 is 0 Å². The summed E-state index contributed by atoms with van der Waals surface area (Å²) < 4.78 is 5.33. The first-order chi connectivity index (χ1) is 11.4. The number of hydrogen-bond acceptors (Lipinski definition) is 4. The average Bonchev–Trinajstić information content (AvgIpc) is 2.54. The minimum atomic E-state index is -0.477. The molecular formula is C18H20N2O4. The summed E-state index contributed by atoms with van der Waals surface area (Å²) in [6.07, 6.45) is -0.0460. The number of amides is 1. The van der Waals surface area contributed by atoms with Gasteiger partial charge in [0.1, 0.15) is 5.75 Å². The number of benzene rings is 2. The van der Waals surface area contributed by atoms with E-state index in [2.05, 4.69) is 5.32 Å². The van der Waals surface area contributed by atoms with E-state index in [1.807, 2.05) is 32.0 Å². The molecule has 0 aliphatic rings. The van der Waals surface area contributed by atoms with Crippen LogP contribution < -0.4 is 10.1 Å². The predicted octanol–water partition coefficient (Wildman–Crippen LogP) is 3.33. The van der Waals surface area contributed by atoms with Crippen molar-refractivity contribution in [3.63, 3.8) is 0 Å². The summed E-state index contributed by atoms with van der Waals surface area (Å²) in [6.45, 7) is 3.82. The molecule has 0 radical (unpaired) electrons. The van der Waals surface area contributed by atoms with E-state index in [1.165, 1.54) is 6.07 Å². The number of nitro groups is 1. The normalized spacial score (nSPS) is 11.6. The Morgan fingerprint density at radius 2 is 2.00 bits per heavy atom. The standard InChI is InChI=1S/C18H20N2O4/c1-12-8-9-17(24-3)15(10-12)13(2)19-18(21)11-14-6-4-5-7-16(14)20(22)23/h4-10,13H,11H2,1-3H3,(H,19,21). The van der Waals surface area contributed by atoms with Crippen molar-refractivity contribution in [1.29, 1.82) is 0 Å². The second-order valence-electron chi connectivity index (χ2n) is 5.60. The third kappa shape index (κ3) is 4.10. The van der Waals surface area contributed by atoms with Crippen molar-refractivity contribution in [3.05, 3.63) is 69.3 Å². The van der Waals surface area contributed by atoms with Gasteiger partial charge in [0, 0.05) is 17.2 Å². The Morgan fingerprint density at radius 1 is 1.29 bits per heavy atom. The summed E-state index contributed by atoms with van der Waals surface area (Å²) in [5, 5.41) is 13.9. The number of hydrogen-bond donors (Lipinski definition) is 1. The van der Waals surface area contributed by atoms with Crippen LogP contribution in [0.3, 0.4) is 0 Å². The molecule has 0 spiro atoms. The molecule has 6 nitrogen and oxygen atoms in total. The Hall–Kier alpha value is -2.89. The average molecular weight is 328 g/mol. The first kappa shape index (κ1) is 17.5. The minimum Gasteiger partial charge on any atom is -0.496 e. The van der Waals surface area contributed by atoms with Crippen LogP contribution in [0.4, 0.5) is 5.69 Å². The van der Waals surface area contributed by atoms with Gasteiger partial charge in [-0.1, -0.05) is 35.9 Å². The van der Waals surface area contributed by atoms with Gasteiger partial charge in [-0.3, -0.25) is 14.9 Å². The van der Waals surface area contributed by atoms with Crippen molar-refractivity contribution < 1.29 is 14.5 Å². The topological polar surface area (TPSA) is 81.5 Å². The fraction of sp³-hybridized carbons (Fsp3) is 0.278. The number of nitro benzene ring substituents is 1. The number of para-hydroxylation sites is 1. The van der Waals surface area contributed by atoms with Crippen LogP contribution in [0.15, 0.2) is 42.5 Å². The van der Waals surface area contributed by atoms with Crippen LogP contribution in [0.2, 0.25) is 0 Å². The molecule has 2 rings (SSSR count). The fourth-order valence-electron chi connectivity index (χ4n) is 2.57. The second-order valence-corrected chi connectivity index (χ2v) is 5.60. The summed E-state index contributed by atoms with van der Waals surface area (Å²) in [5.41, 5.74) is 2.27. The van der Waals surface area contributed by atoms with Gasteiger partial charge in [0.05, 0.1) is 24.5 Å². The van der Waals surface area contributed by atoms with Crippen molar-refractivity contribution in [2.45, 2.75) is 26.3 Å². The lowest BCUT2D eigenvalue weighted by molar-refractivity contribution is -0.385. The van der Waals surface area contributed by atoms with Crippen LogP contribution in [-0.2, 0) is 11.2 Å². The van der Waals surface area contributed by atoms with E-state index < -0.39 is 4.92 Å². The second kappa shape index (κ2) is 7.59. The molecule has 0 saturated heterocycles. The molecule has 0 aromatic heterocycles. The van der Waals surface area contributed by atoms with E-state index >= 15 is 0 Å². The Morgan fingerprint density at radius 3 is 2.67 bits per heavy atom. The van der Waals surface area contributed by atoms with E-state index in [-0.39, 0.29) is 24.1 Å². The minimum absolute atomic E-state index is 0.0460. The molecule has 0 heterocycles. The third-order valence-electron chi connectivity index (χ3n) is 3.77. The lowest BCUT2D eigenvalue weighted by atomic mass is 10.0. The first-order valence-corrected chi connectivity index (χ1v) is 7.58. The van der Waals surface area contributed by atoms with E-state index in [4.69, 9.17) is 4.74 Å². The lowest BCUT2D eigenvalue weighted by Crippen LogP contribution is -2.28. The van der Waals surface area contributed by atoms with Gasteiger partial charge in [-0.15, -0.1) is 0 Å². The molecule has 0 aliphatic carbocycles. The van der Waals surface area contributed by atoms with E-state index in [9.17, 15) is 14.9 Å². The third-order valence-corrected chi connectivity index (χ3v) is 3.77. The fourth-order valence-corrected chi connectivity index (χ4v) is 2.57. The quantitative estimate of drug-likeness (QED) is 0.651. The van der Waals surface area contributed by atoms with Gasteiger partial charge in [-0.2, -0.15) is 0 Å². The zero-order chi connectivity index (χ0) is 17.7. The van der Waals surface area contributed by atoms with Crippen LogP contribution >= 0.6 is 0 Å². The maximum Gasteiger partial charge on any atom is 0.273 e. The monoisotopic (exact) mass is 328 g/mol.